The van der Waals surface area contributed by atoms with E-state index in [1.54, 1.807) is 4.90 Å². The van der Waals surface area contributed by atoms with Crippen molar-refractivity contribution < 1.29 is 40.6 Å². The summed E-state index contributed by atoms with van der Waals surface area (Å²) in [5, 5.41) is -0.752. The molecule has 0 rings (SSSR count). The molecule has 0 atom stereocenters. The minimum atomic E-state index is -0.639. The van der Waals surface area contributed by atoms with Crippen LogP contribution in [0.5, 0.6) is 0 Å². The molecule has 0 bridgehead atoms. The van der Waals surface area contributed by atoms with Crippen molar-refractivity contribution in [2.45, 2.75) is 27.7 Å². The summed E-state index contributed by atoms with van der Waals surface area (Å²) in [4.78, 5) is 21.9. The Morgan fingerprint density at radius 2 is 1.35 bits per heavy atom. The Hall–Kier alpha value is 0.640. The Kier molecular flexibility index (Phi) is 17.5. The molecule has 4 nitrogen and oxygen atoms in total. The molecule has 98 valence electrons. The van der Waals surface area contributed by atoms with Gasteiger partial charge in [0.2, 0.25) is 0 Å². The number of primary amides is 1. The van der Waals surface area contributed by atoms with Crippen molar-refractivity contribution in [3.8, 4) is 0 Å². The third-order valence-corrected chi connectivity index (χ3v) is 1.72. The first-order chi connectivity index (χ1) is 7.16. The minimum absolute atomic E-state index is 0. The quantitative estimate of drug-likeness (QED) is 0.494. The van der Waals surface area contributed by atoms with Crippen LogP contribution in [0.1, 0.15) is 29.1 Å². The van der Waals surface area contributed by atoms with Gasteiger partial charge in [-0.1, -0.05) is 53.0 Å². The third-order valence-electron chi connectivity index (χ3n) is 1.44. The van der Waals surface area contributed by atoms with Crippen LogP contribution in [0.2, 0.25) is 0 Å². The molecule has 0 aromatic rings. The molecule has 0 aliphatic heterocycles. The minimum Gasteiger partial charge on any atom is -1.00 e. The van der Waals surface area contributed by atoms with Gasteiger partial charge in [-0.05, 0) is 11.8 Å². The molecule has 0 spiro atoms. The predicted octanol–water partition coefficient (Wildman–Crippen LogP) is -0.238. The molecule has 17 heavy (non-hydrogen) atoms. The van der Waals surface area contributed by atoms with Crippen molar-refractivity contribution >= 4 is 35.7 Å². The first kappa shape index (κ1) is 22.8. The van der Waals surface area contributed by atoms with Crippen molar-refractivity contribution in [2.75, 3.05) is 13.1 Å². The van der Waals surface area contributed by atoms with Crippen molar-refractivity contribution in [1.82, 2.24) is 4.90 Å². The maximum atomic E-state index is 11.0. The average Bonchev–Trinajstić information content (AvgIpc) is 1.99. The normalized spacial score (nSPS) is 9.18. The second-order valence-electron chi connectivity index (χ2n) is 4.31. The molecule has 0 unspecified atom stereocenters. The average molecular weight is 290 g/mol. The van der Waals surface area contributed by atoms with Crippen LogP contribution in [0, 0.1) is 11.8 Å². The van der Waals surface area contributed by atoms with Gasteiger partial charge >= 0.3 is 29.6 Å². The van der Waals surface area contributed by atoms with Gasteiger partial charge in [-0.15, -0.1) is 0 Å². The van der Waals surface area contributed by atoms with E-state index in [-0.39, 0.29) is 36.2 Å². The van der Waals surface area contributed by atoms with Crippen molar-refractivity contribution in [1.29, 1.82) is 0 Å². The maximum absolute atomic E-state index is 11.0. The molecule has 0 aliphatic rings. The van der Waals surface area contributed by atoms with E-state index in [1.165, 1.54) is 0 Å². The maximum Gasteiger partial charge on any atom is 1.00 e. The number of nitrogens with two attached hydrogens (primary N) is 1. The van der Waals surface area contributed by atoms with Gasteiger partial charge in [0.05, 0.1) is 0 Å². The summed E-state index contributed by atoms with van der Waals surface area (Å²) in [6.07, 6.45) is 0. The fraction of sp³-hybridized carbons (Fsp3) is 0.800. The molecule has 0 fully saturated rings. The molecular weight excluding hydrogens is 267 g/mol. The first-order valence-corrected chi connectivity index (χ1v) is 6.02. The van der Waals surface area contributed by atoms with E-state index in [4.69, 9.17) is 4.79 Å². The summed E-state index contributed by atoms with van der Waals surface area (Å²) in [5.74, 6) is 1.03. The number of rotatable bonds is 4. The molecule has 2 amide bonds. The number of hydrogen-bond donors (Lipinski definition) is 3. The molecule has 0 aliphatic carbocycles. The zero-order chi connectivity index (χ0) is 13.3. The van der Waals surface area contributed by atoms with Crippen LogP contribution in [0.3, 0.4) is 0 Å². The largest absolute Gasteiger partial charge is 1.00 e. The number of nitrogens with zero attached hydrogens (tertiary/aromatic N) is 1. The molecule has 0 heterocycles. The van der Waals surface area contributed by atoms with Crippen molar-refractivity contribution in [3.05, 3.63) is 0 Å². The van der Waals surface area contributed by atoms with Gasteiger partial charge in [0.15, 0.2) is 0 Å². The number of carbonyl (C=O) groups is 2. The van der Waals surface area contributed by atoms with Crippen LogP contribution in [-0.2, 0) is 0 Å². The van der Waals surface area contributed by atoms with Gasteiger partial charge in [-0.3, -0.25) is 9.59 Å². The van der Waals surface area contributed by atoms with Gasteiger partial charge in [0.1, 0.15) is 0 Å². The van der Waals surface area contributed by atoms with Crippen LogP contribution in [0.15, 0.2) is 0 Å². The van der Waals surface area contributed by atoms with Crippen LogP contribution < -0.4 is 35.3 Å². The fourth-order valence-electron chi connectivity index (χ4n) is 1.11. The molecule has 0 radical (unpaired) electrons. The van der Waals surface area contributed by atoms with E-state index in [9.17, 15) is 4.79 Å². The fourth-order valence-corrected chi connectivity index (χ4v) is 1.28. The monoisotopic (exact) mass is 290 g/mol. The van der Waals surface area contributed by atoms with Crippen molar-refractivity contribution in [2.24, 2.45) is 17.6 Å². The first-order valence-electron chi connectivity index (χ1n) is 5.13. The Balaban J connectivity index is -0.000000143. The molecular formula is C10H23N2NaO2S2. The standard InChI is InChI=1S/C9H19NOS.CH3NOS.Na.H/c1-7(2)5-10(9(11)12)6-8(3)4;2-1(3)4;;/h7-8H,5-6H2,1-4H3,(H,11,12);(H3,2,3,4);;/q;;+1;-1. The van der Waals surface area contributed by atoms with Gasteiger partial charge in [-0.2, -0.15) is 0 Å². The van der Waals surface area contributed by atoms with Gasteiger partial charge in [0.25, 0.3) is 10.5 Å². The van der Waals surface area contributed by atoms with Crippen LogP contribution in [0.25, 0.3) is 0 Å². The number of amides is 2. The van der Waals surface area contributed by atoms with Gasteiger partial charge < -0.3 is 12.1 Å². The summed E-state index contributed by atoms with van der Waals surface area (Å²) < 4.78 is 0. The predicted molar refractivity (Wildman–Crippen MR) is 75.3 cm³/mol. The van der Waals surface area contributed by atoms with E-state index in [2.05, 4.69) is 58.7 Å². The molecule has 0 saturated carbocycles. The molecule has 7 heteroatoms. The van der Waals surface area contributed by atoms with Crippen LogP contribution in [0.4, 0.5) is 9.59 Å². The van der Waals surface area contributed by atoms with E-state index in [0.717, 1.165) is 13.1 Å². The zero-order valence-corrected chi connectivity index (χ0v) is 15.1. The molecule has 0 saturated heterocycles. The summed E-state index contributed by atoms with van der Waals surface area (Å²) in [5.41, 5.74) is 4.34. The summed E-state index contributed by atoms with van der Waals surface area (Å²) >= 11 is 6.93. The Morgan fingerprint density at radius 1 is 1.12 bits per heavy atom. The number of hydrogen-bond acceptors (Lipinski definition) is 2. The van der Waals surface area contributed by atoms with Gasteiger partial charge in [-0.25, -0.2) is 0 Å². The number of carbonyl (C=O) groups excluding carboxylic acids is 2. The number of thiol groups is 2. The van der Waals surface area contributed by atoms with Gasteiger partial charge in [0, 0.05) is 13.1 Å². The molecule has 0 aromatic carbocycles. The summed E-state index contributed by atoms with van der Waals surface area (Å²) in [7, 11) is 0. The SMILES string of the molecule is CC(C)CN(CC(C)C)C(=O)S.NC(=O)S.[H-].[Na+]. The summed E-state index contributed by atoms with van der Waals surface area (Å²) in [6, 6.07) is 0. The summed E-state index contributed by atoms with van der Waals surface area (Å²) in [6.45, 7) is 10.0. The van der Waals surface area contributed by atoms with Crippen molar-refractivity contribution in [3.63, 3.8) is 0 Å². The topological polar surface area (TPSA) is 63.4 Å². The van der Waals surface area contributed by atoms with Crippen LogP contribution >= 0.6 is 25.3 Å². The molecule has 2 N–H and O–H groups in total. The second kappa shape index (κ2) is 13.1. The van der Waals surface area contributed by atoms with E-state index >= 15 is 0 Å². The molecule has 0 aromatic heterocycles. The Morgan fingerprint density at radius 3 is 1.47 bits per heavy atom. The Labute approximate surface area is 139 Å². The van der Waals surface area contributed by atoms with Crippen LogP contribution in [-0.4, -0.2) is 28.5 Å². The Bertz CT molecular complexity index is 218. The van der Waals surface area contributed by atoms with E-state index < -0.39 is 5.24 Å². The zero-order valence-electron chi connectivity index (χ0n) is 12.3. The smallest absolute Gasteiger partial charge is 1.00 e. The van der Waals surface area contributed by atoms with E-state index in [0.29, 0.717) is 11.8 Å². The third kappa shape index (κ3) is 22.3. The van der Waals surface area contributed by atoms with E-state index in [1.807, 2.05) is 0 Å². The second-order valence-corrected chi connectivity index (χ2v) is 5.14.